The normalized spacial score (nSPS) is 11.4. The van der Waals surface area contributed by atoms with Crippen LogP contribution in [0.1, 0.15) is 36.2 Å². The van der Waals surface area contributed by atoms with E-state index < -0.39 is 0 Å². The zero-order chi connectivity index (χ0) is 15.6. The maximum Gasteiger partial charge on any atom is 0.269 e. The van der Waals surface area contributed by atoms with Gasteiger partial charge in [-0.3, -0.25) is 10.1 Å². The molecule has 2 rings (SSSR count). The number of benzene rings is 1. The number of hydrogen-bond donors (Lipinski definition) is 1. The fourth-order valence-corrected chi connectivity index (χ4v) is 2.79. The number of nitro benzene ring substituents is 1. The van der Waals surface area contributed by atoms with Gasteiger partial charge < -0.3 is 5.32 Å². The van der Waals surface area contributed by atoms with Crippen LogP contribution in [0, 0.1) is 17.0 Å². The summed E-state index contributed by atoms with van der Waals surface area (Å²) in [7, 11) is 0. The topological polar surface area (TPSA) is 68.1 Å². The van der Waals surface area contributed by atoms with Crippen molar-refractivity contribution in [3.8, 4) is 0 Å². The number of aromatic nitrogens is 1. The molecule has 5 nitrogen and oxygen atoms in total. The molecule has 1 aromatic carbocycles. The van der Waals surface area contributed by atoms with Gasteiger partial charge in [-0.2, -0.15) is 0 Å². The molecule has 0 saturated heterocycles. The lowest BCUT2D eigenvalue weighted by Gasteiger charge is -2.13. The number of nitro groups is 1. The third-order valence-electron chi connectivity index (χ3n) is 3.07. The molecule has 0 unspecified atom stereocenters. The van der Waals surface area contributed by atoms with Crippen molar-refractivity contribution in [2.45, 2.75) is 39.7 Å². The third-order valence-corrected chi connectivity index (χ3v) is 4.49. The average Bonchev–Trinajstić information content (AvgIpc) is 2.85. The van der Waals surface area contributed by atoms with Gasteiger partial charge in [0.05, 0.1) is 16.5 Å². The molecule has 0 atom stereocenters. The van der Waals surface area contributed by atoms with Gasteiger partial charge in [0, 0.05) is 34.3 Å². The largest absolute Gasteiger partial charge is 0.380 e. The van der Waals surface area contributed by atoms with Crippen molar-refractivity contribution in [2.24, 2.45) is 0 Å². The Kier molecular flexibility index (Phi) is 4.27. The van der Waals surface area contributed by atoms with Crippen molar-refractivity contribution >= 4 is 22.7 Å². The number of hydrogen-bond acceptors (Lipinski definition) is 5. The van der Waals surface area contributed by atoms with Gasteiger partial charge in [0.15, 0.2) is 0 Å². The second-order valence-electron chi connectivity index (χ2n) is 5.99. The first kappa shape index (κ1) is 15.4. The molecule has 21 heavy (non-hydrogen) atoms. The van der Waals surface area contributed by atoms with Crippen LogP contribution in [0.3, 0.4) is 0 Å². The molecule has 112 valence electrons. The smallest absolute Gasteiger partial charge is 0.269 e. The number of nitrogens with one attached hydrogen (secondary N) is 1. The van der Waals surface area contributed by atoms with Gasteiger partial charge in [0.2, 0.25) is 0 Å². The average molecular weight is 305 g/mol. The van der Waals surface area contributed by atoms with Crippen LogP contribution in [0.15, 0.2) is 24.4 Å². The van der Waals surface area contributed by atoms with E-state index in [2.05, 4.69) is 31.1 Å². The molecule has 0 bridgehead atoms. The lowest BCUT2D eigenvalue weighted by atomic mass is 9.98. The van der Waals surface area contributed by atoms with Gasteiger partial charge in [-0.05, 0) is 18.6 Å². The summed E-state index contributed by atoms with van der Waals surface area (Å²) in [6.45, 7) is 8.96. The first-order chi connectivity index (χ1) is 9.77. The molecule has 1 heterocycles. The highest BCUT2D eigenvalue weighted by Gasteiger charge is 2.18. The highest BCUT2D eigenvalue weighted by atomic mass is 32.1. The Labute approximate surface area is 128 Å². The number of rotatable bonds is 4. The molecule has 0 radical (unpaired) electrons. The number of nitrogens with zero attached hydrogens (tertiary/aromatic N) is 2. The highest BCUT2D eigenvalue weighted by molar-refractivity contribution is 7.11. The van der Waals surface area contributed by atoms with E-state index in [1.807, 2.05) is 13.1 Å². The zero-order valence-corrected chi connectivity index (χ0v) is 13.5. The van der Waals surface area contributed by atoms with E-state index in [-0.39, 0.29) is 16.0 Å². The molecule has 0 aliphatic carbocycles. The minimum atomic E-state index is -0.379. The standard InChI is InChI=1S/C15H19N3O2S/c1-10-7-11(18(19)20)5-6-13(10)16-8-12-9-17-14(21-12)15(2,3)4/h5-7,9,16H,8H2,1-4H3. The van der Waals surface area contributed by atoms with Crippen LogP contribution in [0.25, 0.3) is 0 Å². The van der Waals surface area contributed by atoms with E-state index in [0.29, 0.717) is 6.54 Å². The Morgan fingerprint density at radius 3 is 2.62 bits per heavy atom. The molecular formula is C15H19N3O2S. The number of anilines is 1. The van der Waals surface area contributed by atoms with E-state index in [0.717, 1.165) is 21.1 Å². The summed E-state index contributed by atoms with van der Waals surface area (Å²) < 4.78 is 0. The predicted molar refractivity (Wildman–Crippen MR) is 86.0 cm³/mol. The van der Waals surface area contributed by atoms with Crippen molar-refractivity contribution < 1.29 is 4.92 Å². The van der Waals surface area contributed by atoms with Crippen molar-refractivity contribution in [2.75, 3.05) is 5.32 Å². The molecule has 1 aromatic heterocycles. The monoisotopic (exact) mass is 305 g/mol. The second-order valence-corrected chi connectivity index (χ2v) is 7.11. The van der Waals surface area contributed by atoms with Crippen molar-refractivity contribution in [3.05, 3.63) is 50.0 Å². The molecule has 1 N–H and O–H groups in total. The van der Waals surface area contributed by atoms with Gasteiger partial charge in [0.1, 0.15) is 0 Å². The van der Waals surface area contributed by atoms with Gasteiger partial charge in [-0.15, -0.1) is 11.3 Å². The van der Waals surface area contributed by atoms with Gasteiger partial charge in [-0.25, -0.2) is 4.98 Å². The number of thiazole rings is 1. The summed E-state index contributed by atoms with van der Waals surface area (Å²) in [6.07, 6.45) is 1.89. The Balaban J connectivity index is 2.06. The SMILES string of the molecule is Cc1cc([N+](=O)[O-])ccc1NCc1cnc(C(C)(C)C)s1. The van der Waals surface area contributed by atoms with Crippen LogP contribution in [0.2, 0.25) is 0 Å². The van der Waals surface area contributed by atoms with Crippen molar-refractivity contribution in [1.29, 1.82) is 0 Å². The van der Waals surface area contributed by atoms with Crippen LogP contribution in [0.5, 0.6) is 0 Å². The maximum absolute atomic E-state index is 10.7. The van der Waals surface area contributed by atoms with E-state index >= 15 is 0 Å². The van der Waals surface area contributed by atoms with Crippen LogP contribution in [-0.4, -0.2) is 9.91 Å². The Morgan fingerprint density at radius 1 is 1.38 bits per heavy atom. The zero-order valence-electron chi connectivity index (χ0n) is 12.6. The summed E-state index contributed by atoms with van der Waals surface area (Å²) in [6, 6.07) is 4.84. The van der Waals surface area contributed by atoms with Gasteiger partial charge in [0.25, 0.3) is 5.69 Å². The molecule has 2 aromatic rings. The van der Waals surface area contributed by atoms with E-state index in [1.165, 1.54) is 6.07 Å². The quantitative estimate of drug-likeness (QED) is 0.676. The third kappa shape index (κ3) is 3.78. The van der Waals surface area contributed by atoms with Crippen LogP contribution < -0.4 is 5.32 Å². The summed E-state index contributed by atoms with van der Waals surface area (Å²) in [4.78, 5) is 15.9. The Bertz CT molecular complexity index is 659. The van der Waals surface area contributed by atoms with Crippen LogP contribution in [-0.2, 0) is 12.0 Å². The fourth-order valence-electron chi connectivity index (χ4n) is 1.88. The summed E-state index contributed by atoms with van der Waals surface area (Å²) in [5.74, 6) is 0. The van der Waals surface area contributed by atoms with Crippen LogP contribution >= 0.6 is 11.3 Å². The molecule has 0 spiro atoms. The molecule has 6 heteroatoms. The van der Waals surface area contributed by atoms with E-state index in [1.54, 1.807) is 23.5 Å². The lowest BCUT2D eigenvalue weighted by molar-refractivity contribution is -0.384. The Morgan fingerprint density at radius 2 is 2.10 bits per heavy atom. The Hall–Kier alpha value is -1.95. The number of non-ortho nitro benzene ring substituents is 1. The fraction of sp³-hybridized carbons (Fsp3) is 0.400. The minimum absolute atomic E-state index is 0.0617. The summed E-state index contributed by atoms with van der Waals surface area (Å²) >= 11 is 1.69. The van der Waals surface area contributed by atoms with Gasteiger partial charge >= 0.3 is 0 Å². The van der Waals surface area contributed by atoms with Crippen molar-refractivity contribution in [1.82, 2.24) is 4.98 Å². The molecule has 0 fully saturated rings. The molecular weight excluding hydrogens is 286 g/mol. The maximum atomic E-state index is 10.7. The lowest BCUT2D eigenvalue weighted by Crippen LogP contribution is -2.09. The summed E-state index contributed by atoms with van der Waals surface area (Å²) in [5, 5.41) is 15.1. The highest BCUT2D eigenvalue weighted by Crippen LogP contribution is 2.28. The second kappa shape index (κ2) is 5.81. The summed E-state index contributed by atoms with van der Waals surface area (Å²) in [5.41, 5.74) is 1.95. The van der Waals surface area contributed by atoms with E-state index in [9.17, 15) is 10.1 Å². The van der Waals surface area contributed by atoms with Gasteiger partial charge in [-0.1, -0.05) is 20.8 Å². The molecule has 0 saturated carbocycles. The molecule has 0 amide bonds. The molecule has 0 aliphatic rings. The van der Waals surface area contributed by atoms with E-state index in [4.69, 9.17) is 0 Å². The van der Waals surface area contributed by atoms with Crippen LogP contribution in [0.4, 0.5) is 11.4 Å². The minimum Gasteiger partial charge on any atom is -0.380 e. The molecule has 0 aliphatic heterocycles. The first-order valence-corrected chi connectivity index (χ1v) is 7.53. The predicted octanol–water partition coefficient (Wildman–Crippen LogP) is 4.27. The first-order valence-electron chi connectivity index (χ1n) is 6.71. The van der Waals surface area contributed by atoms with Crippen molar-refractivity contribution in [3.63, 3.8) is 0 Å². The number of aryl methyl sites for hydroxylation is 1.